The summed E-state index contributed by atoms with van der Waals surface area (Å²) in [5.74, 6) is -0.270. The first-order valence-electron chi connectivity index (χ1n) is 11.2. The molecule has 1 aromatic heterocycles. The summed E-state index contributed by atoms with van der Waals surface area (Å²) in [6, 6.07) is 1.24. The Balaban J connectivity index is 2.32. The van der Waals surface area contributed by atoms with E-state index in [9.17, 15) is 19.8 Å². The molecule has 0 aliphatic carbocycles. The third kappa shape index (κ3) is 4.51. The maximum absolute atomic E-state index is 12.9. The van der Waals surface area contributed by atoms with Gasteiger partial charge in [-0.05, 0) is 58.6 Å². The van der Waals surface area contributed by atoms with Crippen LogP contribution in [-0.4, -0.2) is 21.6 Å². The summed E-state index contributed by atoms with van der Waals surface area (Å²) < 4.78 is 11.9. The van der Waals surface area contributed by atoms with Gasteiger partial charge in [-0.2, -0.15) is 0 Å². The summed E-state index contributed by atoms with van der Waals surface area (Å²) in [5, 5.41) is 22.1. The second-order valence-electron chi connectivity index (χ2n) is 8.86. The summed E-state index contributed by atoms with van der Waals surface area (Å²) in [5.41, 5.74) is 0.477. The number of carbonyl (C=O) groups is 1. The first-order valence-corrected chi connectivity index (χ1v) is 11.2. The fraction of sp³-hybridized carbons (Fsp3) is 0.462. The summed E-state index contributed by atoms with van der Waals surface area (Å²) in [6.45, 7) is 9.68. The van der Waals surface area contributed by atoms with Gasteiger partial charge in [0.2, 0.25) is 0 Å². The van der Waals surface area contributed by atoms with E-state index in [1.165, 1.54) is 11.6 Å². The number of carbonyl (C=O) groups excluding carboxylic acids is 1. The fourth-order valence-electron chi connectivity index (χ4n) is 4.07. The van der Waals surface area contributed by atoms with Gasteiger partial charge in [0.15, 0.2) is 11.4 Å². The molecule has 1 aliphatic rings. The molecule has 2 aromatic rings. The van der Waals surface area contributed by atoms with Gasteiger partial charge >= 0.3 is 5.63 Å². The molecule has 6 nitrogen and oxygen atoms in total. The lowest BCUT2D eigenvalue weighted by Gasteiger charge is -2.33. The highest BCUT2D eigenvalue weighted by atomic mass is 16.5. The van der Waals surface area contributed by atoms with Crippen LogP contribution < -0.4 is 10.4 Å². The van der Waals surface area contributed by atoms with Crippen molar-refractivity contribution in [3.63, 3.8) is 0 Å². The van der Waals surface area contributed by atoms with Crippen molar-refractivity contribution in [1.29, 1.82) is 0 Å². The van der Waals surface area contributed by atoms with Crippen molar-refractivity contribution in [3.8, 4) is 11.5 Å². The van der Waals surface area contributed by atoms with Crippen LogP contribution in [0.15, 0.2) is 33.0 Å². The lowest BCUT2D eigenvalue weighted by Crippen LogP contribution is -2.32. The Morgan fingerprint density at radius 2 is 2.00 bits per heavy atom. The molecule has 0 fully saturated rings. The minimum Gasteiger partial charge on any atom is -0.506 e. The number of ketones is 1. The third-order valence-corrected chi connectivity index (χ3v) is 5.82. The van der Waals surface area contributed by atoms with E-state index in [0.29, 0.717) is 41.5 Å². The Kier molecular flexibility index (Phi) is 6.94. The molecule has 3 rings (SSSR count). The maximum atomic E-state index is 12.9. The van der Waals surface area contributed by atoms with Gasteiger partial charge in [0, 0.05) is 18.1 Å². The SMILES string of the molecule is CCCC(=O)c1c(O)c2c(c3c([C@@H](O)CC)cc(=O)oc13)O[C@](C)(CCC=C(C)C)C=C2. The second kappa shape index (κ2) is 9.33. The van der Waals surface area contributed by atoms with Crippen LogP contribution in [0.3, 0.4) is 0 Å². The van der Waals surface area contributed by atoms with E-state index >= 15 is 0 Å². The Morgan fingerprint density at radius 1 is 1.28 bits per heavy atom. The number of aliphatic hydroxyl groups is 1. The van der Waals surface area contributed by atoms with E-state index in [1.54, 1.807) is 13.0 Å². The molecule has 0 spiro atoms. The molecule has 172 valence electrons. The average molecular weight is 441 g/mol. The predicted molar refractivity (Wildman–Crippen MR) is 125 cm³/mol. The van der Waals surface area contributed by atoms with Gasteiger partial charge in [0.1, 0.15) is 22.7 Å². The predicted octanol–water partition coefficient (Wildman–Crippen LogP) is 5.84. The van der Waals surface area contributed by atoms with Gasteiger partial charge in [-0.25, -0.2) is 4.79 Å². The van der Waals surface area contributed by atoms with Gasteiger partial charge in [-0.1, -0.05) is 25.5 Å². The molecular formula is C26H32O6. The number of phenolic OH excluding ortho intramolecular Hbond substituents is 1. The molecule has 32 heavy (non-hydrogen) atoms. The van der Waals surface area contributed by atoms with Crippen molar-refractivity contribution in [3.05, 3.63) is 50.9 Å². The van der Waals surface area contributed by atoms with Crippen molar-refractivity contribution in [1.82, 2.24) is 0 Å². The van der Waals surface area contributed by atoms with E-state index in [4.69, 9.17) is 9.15 Å². The summed E-state index contributed by atoms with van der Waals surface area (Å²) in [7, 11) is 0. The Hall–Kier alpha value is -2.86. The highest BCUT2D eigenvalue weighted by Gasteiger charge is 2.34. The molecule has 0 saturated heterocycles. The summed E-state index contributed by atoms with van der Waals surface area (Å²) >= 11 is 0. The van der Waals surface area contributed by atoms with Gasteiger partial charge < -0.3 is 19.4 Å². The molecule has 0 radical (unpaired) electrons. The Labute approximate surface area is 188 Å². The van der Waals surface area contributed by atoms with Crippen molar-refractivity contribution in [2.75, 3.05) is 0 Å². The molecule has 1 aromatic carbocycles. The highest BCUT2D eigenvalue weighted by Crippen LogP contribution is 2.48. The molecule has 2 N–H and O–H groups in total. The van der Waals surface area contributed by atoms with Gasteiger partial charge in [-0.3, -0.25) is 4.79 Å². The Morgan fingerprint density at radius 3 is 2.62 bits per heavy atom. The molecule has 0 bridgehead atoms. The lowest BCUT2D eigenvalue weighted by molar-refractivity contribution is 0.0979. The van der Waals surface area contributed by atoms with Crippen LogP contribution >= 0.6 is 0 Å². The topological polar surface area (TPSA) is 97.0 Å². The zero-order valence-corrected chi connectivity index (χ0v) is 19.4. The quantitative estimate of drug-likeness (QED) is 0.304. The van der Waals surface area contributed by atoms with Crippen LogP contribution in [0.1, 0.15) is 94.3 Å². The van der Waals surface area contributed by atoms with Crippen LogP contribution in [0, 0.1) is 0 Å². The van der Waals surface area contributed by atoms with Crippen molar-refractivity contribution < 1.29 is 24.2 Å². The minimum absolute atomic E-state index is 0.0309. The normalized spacial score (nSPS) is 18.2. The highest BCUT2D eigenvalue weighted by molar-refractivity contribution is 6.12. The minimum atomic E-state index is -0.948. The van der Waals surface area contributed by atoms with E-state index in [0.717, 1.165) is 6.42 Å². The average Bonchev–Trinajstić information content (AvgIpc) is 2.72. The largest absolute Gasteiger partial charge is 0.506 e. The molecule has 0 unspecified atom stereocenters. The molecule has 6 heteroatoms. The lowest BCUT2D eigenvalue weighted by atomic mass is 9.89. The molecule has 0 saturated carbocycles. The number of benzene rings is 1. The number of rotatable bonds is 8. The third-order valence-electron chi connectivity index (χ3n) is 5.82. The van der Waals surface area contributed by atoms with Crippen LogP contribution in [0.2, 0.25) is 0 Å². The number of ether oxygens (including phenoxy) is 1. The van der Waals surface area contributed by atoms with Crippen LogP contribution in [0.5, 0.6) is 11.5 Å². The molecule has 0 amide bonds. The number of allylic oxidation sites excluding steroid dienone is 2. The standard InChI is InChI=1S/C26H32O6/c1-6-9-19(28)22-23(30)16-11-13-26(5,12-8-10-15(3)4)32-24(16)21-17(18(27)7-2)14-20(29)31-25(21)22/h10-11,13-14,18,27,30H,6-9,12H2,1-5H3/t18-,26+/m0/s1. The molecule has 2 heterocycles. The van der Waals surface area contributed by atoms with Gasteiger partial charge in [0.25, 0.3) is 0 Å². The molecular weight excluding hydrogens is 408 g/mol. The number of aromatic hydroxyl groups is 1. The van der Waals surface area contributed by atoms with Gasteiger partial charge in [-0.15, -0.1) is 0 Å². The van der Waals surface area contributed by atoms with Crippen molar-refractivity contribution >= 4 is 22.8 Å². The smallest absolute Gasteiger partial charge is 0.336 e. The number of fused-ring (bicyclic) bond motifs is 3. The summed E-state index contributed by atoms with van der Waals surface area (Å²) in [6.07, 6.45) is 7.44. The van der Waals surface area contributed by atoms with Gasteiger partial charge in [0.05, 0.1) is 17.1 Å². The fourth-order valence-corrected chi connectivity index (χ4v) is 4.07. The zero-order chi connectivity index (χ0) is 23.6. The van der Waals surface area contributed by atoms with E-state index in [-0.39, 0.29) is 29.1 Å². The monoisotopic (exact) mass is 440 g/mol. The summed E-state index contributed by atoms with van der Waals surface area (Å²) in [4.78, 5) is 25.2. The van der Waals surface area contributed by atoms with E-state index in [2.05, 4.69) is 6.08 Å². The number of phenols is 1. The molecule has 1 aliphatic heterocycles. The number of hydrogen-bond donors (Lipinski definition) is 2. The van der Waals surface area contributed by atoms with Crippen LogP contribution in [-0.2, 0) is 0 Å². The maximum Gasteiger partial charge on any atom is 0.336 e. The van der Waals surface area contributed by atoms with Crippen LogP contribution in [0.25, 0.3) is 17.0 Å². The number of hydrogen-bond acceptors (Lipinski definition) is 6. The van der Waals surface area contributed by atoms with E-state index in [1.807, 2.05) is 33.8 Å². The van der Waals surface area contributed by atoms with Crippen LogP contribution in [0.4, 0.5) is 0 Å². The van der Waals surface area contributed by atoms with E-state index < -0.39 is 17.3 Å². The Bertz CT molecular complexity index is 1150. The van der Waals surface area contributed by atoms with Crippen molar-refractivity contribution in [2.24, 2.45) is 0 Å². The number of Topliss-reactive ketones (excluding diaryl/α,β-unsaturated/α-hetero) is 1. The van der Waals surface area contributed by atoms with Crippen molar-refractivity contribution in [2.45, 2.75) is 78.4 Å². The first kappa shape index (κ1) is 23.8. The molecule has 2 atom stereocenters. The number of aliphatic hydroxyl groups excluding tert-OH is 1. The second-order valence-corrected chi connectivity index (χ2v) is 8.86. The zero-order valence-electron chi connectivity index (χ0n) is 19.4. The first-order chi connectivity index (χ1) is 15.1.